The van der Waals surface area contributed by atoms with Crippen LogP contribution >= 0.6 is 0 Å². The molecule has 0 heterocycles. The van der Waals surface area contributed by atoms with Crippen LogP contribution in [0.25, 0.3) is 0 Å². The molecule has 4 nitrogen and oxygen atoms in total. The van der Waals surface area contributed by atoms with Gasteiger partial charge >= 0.3 is 0 Å². The molecule has 1 amide bonds. The van der Waals surface area contributed by atoms with E-state index in [1.165, 1.54) is 6.42 Å². The van der Waals surface area contributed by atoms with Crippen LogP contribution in [0.4, 0.5) is 5.69 Å². The zero-order chi connectivity index (χ0) is 15.0. The van der Waals surface area contributed by atoms with E-state index in [9.17, 15) is 4.79 Å². The van der Waals surface area contributed by atoms with E-state index in [0.29, 0.717) is 11.8 Å². The summed E-state index contributed by atoms with van der Waals surface area (Å²) in [7, 11) is 4.06. The van der Waals surface area contributed by atoms with Crippen LogP contribution in [0, 0.1) is 17.8 Å². The number of para-hydroxylation sites is 1. The Bertz CT molecular complexity index is 527. The number of fused-ring (bicyclic) bond motifs is 2. The fourth-order valence-corrected chi connectivity index (χ4v) is 4.06. The normalized spacial score (nSPS) is 30.9. The molecule has 0 aliphatic heterocycles. The Kier molecular flexibility index (Phi) is 4.00. The summed E-state index contributed by atoms with van der Waals surface area (Å²) in [5.41, 5.74) is 8.34. The van der Waals surface area contributed by atoms with Crippen LogP contribution < -0.4 is 11.1 Å². The van der Waals surface area contributed by atoms with E-state index in [2.05, 4.69) is 16.3 Å². The number of benzene rings is 1. The van der Waals surface area contributed by atoms with Gasteiger partial charge in [0.15, 0.2) is 0 Å². The van der Waals surface area contributed by atoms with Crippen LogP contribution in [0.2, 0.25) is 0 Å². The maximum absolute atomic E-state index is 12.6. The van der Waals surface area contributed by atoms with Gasteiger partial charge in [0.25, 0.3) is 0 Å². The standard InChI is InChI=1S/C17H25N3O/c1-20(2)10-13-5-3-4-6-14(13)19-17(21)15-11-7-8-12(9-11)16(15)18/h3-6,11-12,15-16H,7-10,18H2,1-2H3,(H,19,21). The second-order valence-corrected chi connectivity index (χ2v) is 6.82. The number of hydrogen-bond acceptors (Lipinski definition) is 3. The minimum absolute atomic E-state index is 0.00355. The Balaban J connectivity index is 1.73. The average molecular weight is 287 g/mol. The lowest BCUT2D eigenvalue weighted by atomic mass is 9.84. The highest BCUT2D eigenvalue weighted by molar-refractivity contribution is 5.94. The van der Waals surface area contributed by atoms with Gasteiger partial charge in [-0.2, -0.15) is 0 Å². The quantitative estimate of drug-likeness (QED) is 0.891. The zero-order valence-corrected chi connectivity index (χ0v) is 12.9. The van der Waals surface area contributed by atoms with Crippen molar-refractivity contribution in [2.75, 3.05) is 19.4 Å². The van der Waals surface area contributed by atoms with Gasteiger partial charge < -0.3 is 16.0 Å². The van der Waals surface area contributed by atoms with Crippen LogP contribution in [-0.4, -0.2) is 30.9 Å². The van der Waals surface area contributed by atoms with Crippen LogP contribution in [-0.2, 0) is 11.3 Å². The molecule has 2 saturated carbocycles. The molecule has 4 unspecified atom stereocenters. The maximum atomic E-state index is 12.6. The molecule has 1 aromatic rings. The number of hydrogen-bond donors (Lipinski definition) is 2. The highest BCUT2D eigenvalue weighted by Gasteiger charge is 2.49. The molecule has 4 heteroatoms. The minimum Gasteiger partial charge on any atom is -0.327 e. The van der Waals surface area contributed by atoms with Gasteiger partial charge in [-0.1, -0.05) is 18.2 Å². The minimum atomic E-state index is -0.00355. The van der Waals surface area contributed by atoms with E-state index in [4.69, 9.17) is 5.73 Å². The third-order valence-corrected chi connectivity index (χ3v) is 5.05. The fourth-order valence-electron chi connectivity index (χ4n) is 4.06. The predicted molar refractivity (Wildman–Crippen MR) is 84.8 cm³/mol. The zero-order valence-electron chi connectivity index (χ0n) is 12.9. The summed E-state index contributed by atoms with van der Waals surface area (Å²) in [5.74, 6) is 1.16. The van der Waals surface area contributed by atoms with Gasteiger partial charge in [-0.15, -0.1) is 0 Å². The van der Waals surface area contributed by atoms with E-state index in [1.807, 2.05) is 32.3 Å². The lowest BCUT2D eigenvalue weighted by Gasteiger charge is -2.27. The smallest absolute Gasteiger partial charge is 0.229 e. The molecule has 2 bridgehead atoms. The van der Waals surface area contributed by atoms with Crippen molar-refractivity contribution in [3.8, 4) is 0 Å². The van der Waals surface area contributed by atoms with E-state index in [0.717, 1.165) is 30.6 Å². The number of anilines is 1. The molecule has 114 valence electrons. The molecule has 0 aromatic heterocycles. The summed E-state index contributed by atoms with van der Waals surface area (Å²) in [6.45, 7) is 0.819. The van der Waals surface area contributed by atoms with Crippen molar-refractivity contribution < 1.29 is 4.79 Å². The van der Waals surface area contributed by atoms with Crippen molar-refractivity contribution in [3.63, 3.8) is 0 Å². The molecule has 1 aromatic carbocycles. The molecule has 0 radical (unpaired) electrons. The van der Waals surface area contributed by atoms with Crippen molar-refractivity contribution in [2.45, 2.75) is 31.8 Å². The van der Waals surface area contributed by atoms with Crippen molar-refractivity contribution >= 4 is 11.6 Å². The summed E-state index contributed by atoms with van der Waals surface area (Å²) < 4.78 is 0. The summed E-state index contributed by atoms with van der Waals surface area (Å²) in [6, 6.07) is 8.07. The Morgan fingerprint density at radius 3 is 2.67 bits per heavy atom. The number of nitrogens with one attached hydrogen (secondary N) is 1. The van der Waals surface area contributed by atoms with E-state index in [1.54, 1.807) is 0 Å². The van der Waals surface area contributed by atoms with Crippen molar-refractivity contribution in [2.24, 2.45) is 23.5 Å². The lowest BCUT2D eigenvalue weighted by molar-refractivity contribution is -0.121. The molecule has 0 saturated heterocycles. The SMILES string of the molecule is CN(C)Cc1ccccc1NC(=O)C1C2CCC(C2)C1N. The number of nitrogens with two attached hydrogens (primary N) is 1. The molecule has 0 spiro atoms. The topological polar surface area (TPSA) is 58.4 Å². The molecular weight excluding hydrogens is 262 g/mol. The summed E-state index contributed by atoms with van der Waals surface area (Å²) in [5, 5.41) is 3.13. The summed E-state index contributed by atoms with van der Waals surface area (Å²) in [4.78, 5) is 14.8. The highest BCUT2D eigenvalue weighted by atomic mass is 16.2. The van der Waals surface area contributed by atoms with Crippen molar-refractivity contribution in [1.29, 1.82) is 0 Å². The van der Waals surface area contributed by atoms with E-state index >= 15 is 0 Å². The highest BCUT2D eigenvalue weighted by Crippen LogP contribution is 2.47. The lowest BCUT2D eigenvalue weighted by Crippen LogP contribution is -2.42. The molecule has 3 rings (SSSR count). The van der Waals surface area contributed by atoms with Crippen LogP contribution in [0.15, 0.2) is 24.3 Å². The number of rotatable bonds is 4. The predicted octanol–water partition coefficient (Wildman–Crippen LogP) is 2.06. The second kappa shape index (κ2) is 5.78. The third kappa shape index (κ3) is 2.83. The summed E-state index contributed by atoms with van der Waals surface area (Å²) >= 11 is 0. The third-order valence-electron chi connectivity index (χ3n) is 5.05. The maximum Gasteiger partial charge on any atom is 0.229 e. The monoisotopic (exact) mass is 287 g/mol. The van der Waals surface area contributed by atoms with Gasteiger partial charge in [0.2, 0.25) is 5.91 Å². The number of amides is 1. The molecule has 2 aliphatic rings. The van der Waals surface area contributed by atoms with E-state index in [-0.39, 0.29) is 17.9 Å². The van der Waals surface area contributed by atoms with Crippen LogP contribution in [0.1, 0.15) is 24.8 Å². The molecule has 21 heavy (non-hydrogen) atoms. The van der Waals surface area contributed by atoms with Gasteiger partial charge in [-0.25, -0.2) is 0 Å². The first-order chi connectivity index (χ1) is 10.1. The number of carbonyl (C=O) groups excluding carboxylic acids is 1. The first kappa shape index (κ1) is 14.5. The van der Waals surface area contributed by atoms with Gasteiger partial charge in [0, 0.05) is 18.3 Å². The average Bonchev–Trinajstić information content (AvgIpc) is 3.01. The first-order valence-electron chi connectivity index (χ1n) is 7.85. The molecule has 2 fully saturated rings. The van der Waals surface area contributed by atoms with Gasteiger partial charge in [-0.3, -0.25) is 4.79 Å². The molecule has 3 N–H and O–H groups in total. The number of nitrogens with zero attached hydrogens (tertiary/aromatic N) is 1. The molecular formula is C17H25N3O. The molecule has 4 atom stereocenters. The fraction of sp³-hybridized carbons (Fsp3) is 0.588. The molecule has 2 aliphatic carbocycles. The van der Waals surface area contributed by atoms with Gasteiger partial charge in [-0.05, 0) is 56.8 Å². The Labute approximate surface area is 126 Å². The largest absolute Gasteiger partial charge is 0.327 e. The number of carbonyl (C=O) groups is 1. The van der Waals surface area contributed by atoms with Crippen LogP contribution in [0.5, 0.6) is 0 Å². The Morgan fingerprint density at radius 2 is 2.00 bits per heavy atom. The first-order valence-corrected chi connectivity index (χ1v) is 7.85. The van der Waals surface area contributed by atoms with Crippen LogP contribution in [0.3, 0.4) is 0 Å². The Hall–Kier alpha value is -1.39. The Morgan fingerprint density at radius 1 is 1.29 bits per heavy atom. The van der Waals surface area contributed by atoms with Crippen molar-refractivity contribution in [1.82, 2.24) is 4.90 Å². The van der Waals surface area contributed by atoms with Gasteiger partial charge in [0.1, 0.15) is 0 Å². The summed E-state index contributed by atoms with van der Waals surface area (Å²) in [6.07, 6.45) is 3.50. The van der Waals surface area contributed by atoms with Crippen molar-refractivity contribution in [3.05, 3.63) is 29.8 Å². The second-order valence-electron chi connectivity index (χ2n) is 6.82. The van der Waals surface area contributed by atoms with Gasteiger partial charge in [0.05, 0.1) is 5.92 Å². The van der Waals surface area contributed by atoms with E-state index < -0.39 is 0 Å².